The highest BCUT2D eigenvalue weighted by Crippen LogP contribution is 2.20. The number of carbonyl (C=O) groups excluding carboxylic acids is 2. The second-order valence-electron chi connectivity index (χ2n) is 7.11. The van der Waals surface area contributed by atoms with Crippen molar-refractivity contribution in [1.29, 1.82) is 0 Å². The maximum absolute atomic E-state index is 12.3. The maximum Gasteiger partial charge on any atom is 0.330 e. The third-order valence-corrected chi connectivity index (χ3v) is 6.18. The monoisotopic (exact) mass is 399 g/mol. The number of unbranched alkanes of at least 4 members (excludes halogenated alkanes) is 1. The number of rotatable bonds is 8. The number of benzene rings is 1. The second kappa shape index (κ2) is 10.4. The molecule has 1 fully saturated rings. The molecule has 1 aliphatic heterocycles. The lowest BCUT2D eigenvalue weighted by molar-refractivity contribution is -0.160. The standard InChI is InChI=1S/C22H26NO4P/c24-19-12-14-28-20(15-21(25)27-22(26)18-11-6-13-23-18)17(19)10-5-4-9-16-7-2-1-3-8-16/h1-3,7-8,12,14,18,23,28H,4-6,9-11,13,15H2/t18-/m0/s1. The summed E-state index contributed by atoms with van der Waals surface area (Å²) in [4.78, 5) is 36.5. The van der Waals surface area contributed by atoms with Gasteiger partial charge in [-0.1, -0.05) is 30.3 Å². The molecule has 2 aromatic rings. The van der Waals surface area contributed by atoms with Crippen molar-refractivity contribution in [2.45, 2.75) is 51.0 Å². The predicted molar refractivity (Wildman–Crippen MR) is 111 cm³/mol. The van der Waals surface area contributed by atoms with Gasteiger partial charge >= 0.3 is 11.9 Å². The Morgan fingerprint density at radius 1 is 1.11 bits per heavy atom. The van der Waals surface area contributed by atoms with Crippen molar-refractivity contribution in [1.82, 2.24) is 5.32 Å². The van der Waals surface area contributed by atoms with Crippen LogP contribution in [-0.2, 0) is 33.6 Å². The van der Waals surface area contributed by atoms with E-state index in [0.29, 0.717) is 21.0 Å². The van der Waals surface area contributed by atoms with Gasteiger partial charge in [0.1, 0.15) is 6.04 Å². The SMILES string of the molecule is O=C(Cc1[pH]ccc(=O)c1CCCCc1ccccc1)OC(=O)[C@@H]1CCCN1. The largest absolute Gasteiger partial charge is 0.392 e. The quantitative estimate of drug-likeness (QED) is 0.420. The van der Waals surface area contributed by atoms with E-state index in [1.165, 1.54) is 5.56 Å². The van der Waals surface area contributed by atoms with Gasteiger partial charge in [-0.05, 0) is 67.8 Å². The molecular formula is C22H26NO4P. The molecule has 0 radical (unpaired) electrons. The van der Waals surface area contributed by atoms with E-state index in [-0.39, 0.29) is 17.9 Å². The van der Waals surface area contributed by atoms with E-state index < -0.39 is 11.9 Å². The van der Waals surface area contributed by atoms with Gasteiger partial charge in [0, 0.05) is 5.56 Å². The molecule has 1 aliphatic rings. The van der Waals surface area contributed by atoms with E-state index in [4.69, 9.17) is 4.74 Å². The van der Waals surface area contributed by atoms with Crippen LogP contribution in [0, 0.1) is 0 Å². The van der Waals surface area contributed by atoms with Crippen LogP contribution < -0.4 is 10.7 Å². The van der Waals surface area contributed by atoms with Gasteiger partial charge < -0.3 is 10.1 Å². The molecule has 28 heavy (non-hydrogen) atoms. The Morgan fingerprint density at radius 2 is 1.89 bits per heavy atom. The van der Waals surface area contributed by atoms with E-state index in [0.717, 1.165) is 43.1 Å². The molecule has 0 bridgehead atoms. The van der Waals surface area contributed by atoms with Crippen molar-refractivity contribution >= 4 is 20.1 Å². The van der Waals surface area contributed by atoms with Gasteiger partial charge in [0.15, 0.2) is 5.43 Å². The van der Waals surface area contributed by atoms with E-state index >= 15 is 0 Å². The second-order valence-corrected chi connectivity index (χ2v) is 8.34. The Labute approximate surface area is 166 Å². The van der Waals surface area contributed by atoms with Crippen LogP contribution in [0.3, 0.4) is 0 Å². The van der Waals surface area contributed by atoms with Crippen LogP contribution in [-0.4, -0.2) is 24.5 Å². The van der Waals surface area contributed by atoms with Crippen LogP contribution in [0.25, 0.3) is 0 Å². The summed E-state index contributed by atoms with van der Waals surface area (Å²) in [7, 11) is 0.291. The lowest BCUT2D eigenvalue weighted by Crippen LogP contribution is -2.34. The van der Waals surface area contributed by atoms with Crippen molar-refractivity contribution in [2.24, 2.45) is 0 Å². The Balaban J connectivity index is 1.54. The number of aryl methyl sites for hydroxylation is 1. The predicted octanol–water partition coefficient (Wildman–Crippen LogP) is 3.01. The summed E-state index contributed by atoms with van der Waals surface area (Å²) in [6.07, 6.45) is 5.12. The van der Waals surface area contributed by atoms with Crippen LogP contribution in [0.1, 0.15) is 42.1 Å². The van der Waals surface area contributed by atoms with Crippen LogP contribution >= 0.6 is 8.19 Å². The maximum atomic E-state index is 12.3. The highest BCUT2D eigenvalue weighted by Gasteiger charge is 2.26. The average molecular weight is 399 g/mol. The van der Waals surface area contributed by atoms with E-state index in [1.54, 1.807) is 11.9 Å². The molecule has 0 spiro atoms. The Bertz CT molecular complexity index is 856. The molecule has 1 saturated heterocycles. The summed E-state index contributed by atoms with van der Waals surface area (Å²) in [5, 5.41) is 3.84. The number of hydrogen-bond acceptors (Lipinski definition) is 5. The average Bonchev–Trinajstić information content (AvgIpc) is 3.23. The zero-order valence-corrected chi connectivity index (χ0v) is 16.9. The molecule has 2 heterocycles. The number of ether oxygens (including phenoxy) is 1. The summed E-state index contributed by atoms with van der Waals surface area (Å²) >= 11 is 0. The van der Waals surface area contributed by atoms with Gasteiger partial charge in [-0.2, -0.15) is 0 Å². The minimum absolute atomic E-state index is 0.0149. The Morgan fingerprint density at radius 3 is 2.64 bits per heavy atom. The number of esters is 2. The fourth-order valence-corrected chi connectivity index (χ4v) is 4.62. The number of carbonyl (C=O) groups is 2. The van der Waals surface area contributed by atoms with Gasteiger partial charge in [-0.15, -0.1) is 8.19 Å². The zero-order valence-electron chi connectivity index (χ0n) is 15.9. The molecule has 6 heteroatoms. The van der Waals surface area contributed by atoms with E-state index in [9.17, 15) is 14.4 Å². The summed E-state index contributed by atoms with van der Waals surface area (Å²) in [5.74, 6) is 0.735. The summed E-state index contributed by atoms with van der Waals surface area (Å²) in [5.41, 5.74) is 1.98. The Kier molecular flexibility index (Phi) is 7.58. The van der Waals surface area contributed by atoms with Crippen molar-refractivity contribution in [3.8, 4) is 0 Å². The molecule has 2 atom stereocenters. The Hall–Kier alpha value is -2.23. The molecule has 1 aromatic carbocycles. The fourth-order valence-electron chi connectivity index (χ4n) is 3.51. The highest BCUT2D eigenvalue weighted by atomic mass is 31.0. The summed E-state index contributed by atoms with van der Waals surface area (Å²) in [6, 6.07) is 11.5. The highest BCUT2D eigenvalue weighted by molar-refractivity contribution is 7.30. The molecule has 5 nitrogen and oxygen atoms in total. The van der Waals surface area contributed by atoms with Gasteiger partial charge in [0.2, 0.25) is 0 Å². The summed E-state index contributed by atoms with van der Waals surface area (Å²) < 4.78 is 5.00. The molecular weight excluding hydrogens is 373 g/mol. The van der Waals surface area contributed by atoms with Crippen LogP contribution in [0.15, 0.2) is 47.0 Å². The van der Waals surface area contributed by atoms with Crippen molar-refractivity contribution in [3.63, 3.8) is 0 Å². The lowest BCUT2D eigenvalue weighted by atomic mass is 10.0. The first-order valence-corrected chi connectivity index (χ1v) is 10.9. The van der Waals surface area contributed by atoms with E-state index in [2.05, 4.69) is 17.4 Å². The number of hydrogen-bond donors (Lipinski definition) is 1. The van der Waals surface area contributed by atoms with Crippen LogP contribution in [0.2, 0.25) is 0 Å². The third kappa shape index (κ3) is 5.88. The first kappa shape index (κ1) is 20.5. The fraction of sp³-hybridized carbons (Fsp3) is 0.409. The van der Waals surface area contributed by atoms with Crippen molar-refractivity contribution < 1.29 is 14.3 Å². The zero-order chi connectivity index (χ0) is 19.8. The third-order valence-electron chi connectivity index (χ3n) is 5.02. The molecule has 1 N–H and O–H groups in total. The van der Waals surface area contributed by atoms with Crippen molar-refractivity contribution in [2.75, 3.05) is 6.54 Å². The minimum Gasteiger partial charge on any atom is -0.392 e. The topological polar surface area (TPSA) is 72.5 Å². The molecule has 1 aromatic heterocycles. The first-order chi connectivity index (χ1) is 13.6. The molecule has 1 unspecified atom stereocenters. The molecule has 0 saturated carbocycles. The van der Waals surface area contributed by atoms with Gasteiger partial charge in [-0.3, -0.25) is 9.59 Å². The molecule has 0 aliphatic carbocycles. The molecule has 148 valence electrons. The van der Waals surface area contributed by atoms with Gasteiger partial charge in [-0.25, -0.2) is 4.79 Å². The number of nitrogens with one attached hydrogen (secondary N) is 1. The van der Waals surface area contributed by atoms with E-state index in [1.807, 2.05) is 18.2 Å². The smallest absolute Gasteiger partial charge is 0.330 e. The summed E-state index contributed by atoms with van der Waals surface area (Å²) in [6.45, 7) is 0.771. The molecule has 3 rings (SSSR count). The van der Waals surface area contributed by atoms with Crippen LogP contribution in [0.5, 0.6) is 0 Å². The van der Waals surface area contributed by atoms with Gasteiger partial charge in [0.05, 0.1) is 6.42 Å². The van der Waals surface area contributed by atoms with Crippen LogP contribution in [0.4, 0.5) is 0 Å². The first-order valence-electron chi connectivity index (χ1n) is 9.85. The lowest BCUT2D eigenvalue weighted by Gasteiger charge is -2.11. The van der Waals surface area contributed by atoms with Gasteiger partial charge in [0.25, 0.3) is 0 Å². The normalized spacial score (nSPS) is 16.4. The minimum atomic E-state index is -0.564. The van der Waals surface area contributed by atoms with Crippen molar-refractivity contribution in [3.05, 3.63) is 68.8 Å². The molecule has 0 amide bonds.